The van der Waals surface area contributed by atoms with E-state index < -0.39 is 0 Å². The molecule has 0 aliphatic carbocycles. The lowest BCUT2D eigenvalue weighted by molar-refractivity contribution is 0.248. The van der Waals surface area contributed by atoms with Crippen LogP contribution in [0.15, 0.2) is 28.3 Å². The van der Waals surface area contributed by atoms with Gasteiger partial charge in [-0.3, -0.25) is 9.58 Å². The Labute approximate surface area is 112 Å². The van der Waals surface area contributed by atoms with Gasteiger partial charge in [0, 0.05) is 17.6 Å². The summed E-state index contributed by atoms with van der Waals surface area (Å²) < 4.78 is 2.99. The van der Waals surface area contributed by atoms with E-state index >= 15 is 0 Å². The highest BCUT2D eigenvalue weighted by atomic mass is 79.9. The molecule has 0 spiro atoms. The molecule has 0 unspecified atom stereocenters. The molecule has 0 bridgehead atoms. The second kappa shape index (κ2) is 5.31. The Balaban J connectivity index is 1.91. The van der Waals surface area contributed by atoms with Gasteiger partial charge in [0.15, 0.2) is 0 Å². The lowest BCUT2D eigenvalue weighted by Crippen LogP contribution is -2.21. The Morgan fingerprint density at radius 1 is 1.56 bits per heavy atom. The van der Waals surface area contributed by atoms with E-state index in [1.54, 1.807) is 17.5 Å². The topological polar surface area (TPSA) is 21.1 Å². The zero-order chi connectivity index (χ0) is 11.5. The number of nitrogens with zero attached hydrogens (tertiary/aromatic N) is 3. The van der Waals surface area contributed by atoms with E-state index in [9.17, 15) is 0 Å². The fourth-order valence-electron chi connectivity index (χ4n) is 1.42. The Hall–Kier alpha value is -0.360. The average Bonchev–Trinajstić information content (AvgIpc) is 2.76. The van der Waals surface area contributed by atoms with Crippen molar-refractivity contribution in [2.75, 3.05) is 7.05 Å². The minimum Gasteiger partial charge on any atom is -0.282 e. The molecular formula is C10H11BrClN3S. The SMILES string of the molecule is CN(Cc1ccc(Br)s1)Cn1cc(Cl)cn1. The van der Waals surface area contributed by atoms with Crippen LogP contribution in [0, 0.1) is 0 Å². The molecule has 16 heavy (non-hydrogen) atoms. The Kier molecular flexibility index (Phi) is 4.02. The molecule has 0 saturated heterocycles. The highest BCUT2D eigenvalue weighted by Gasteiger charge is 2.04. The maximum absolute atomic E-state index is 5.80. The number of halogens is 2. The first-order valence-electron chi connectivity index (χ1n) is 4.74. The van der Waals surface area contributed by atoms with Gasteiger partial charge in [-0.25, -0.2) is 0 Å². The van der Waals surface area contributed by atoms with Gasteiger partial charge in [0.2, 0.25) is 0 Å². The molecule has 6 heteroatoms. The van der Waals surface area contributed by atoms with Gasteiger partial charge in [-0.05, 0) is 35.1 Å². The lowest BCUT2D eigenvalue weighted by Gasteiger charge is -2.15. The molecule has 0 N–H and O–H groups in total. The lowest BCUT2D eigenvalue weighted by atomic mass is 10.4. The van der Waals surface area contributed by atoms with Crippen LogP contribution in [0.5, 0.6) is 0 Å². The third-order valence-electron chi connectivity index (χ3n) is 2.04. The van der Waals surface area contributed by atoms with Crippen LogP contribution >= 0.6 is 38.9 Å². The van der Waals surface area contributed by atoms with Gasteiger partial charge < -0.3 is 0 Å². The quantitative estimate of drug-likeness (QED) is 0.860. The van der Waals surface area contributed by atoms with Crippen LogP contribution in [0.4, 0.5) is 0 Å². The molecule has 0 fully saturated rings. The molecular weight excluding hydrogens is 310 g/mol. The summed E-state index contributed by atoms with van der Waals surface area (Å²) in [5.74, 6) is 0. The highest BCUT2D eigenvalue weighted by Crippen LogP contribution is 2.23. The predicted octanol–water partition coefficient (Wildman–Crippen LogP) is 3.45. The molecule has 2 aromatic rings. The molecule has 0 aliphatic rings. The second-order valence-corrected chi connectivity index (χ2v) is 6.54. The summed E-state index contributed by atoms with van der Waals surface area (Å²) in [4.78, 5) is 3.51. The molecule has 0 aliphatic heterocycles. The van der Waals surface area contributed by atoms with Crippen molar-refractivity contribution in [3.8, 4) is 0 Å². The van der Waals surface area contributed by atoms with Crippen molar-refractivity contribution in [1.82, 2.24) is 14.7 Å². The summed E-state index contributed by atoms with van der Waals surface area (Å²) in [6.07, 6.45) is 3.47. The summed E-state index contributed by atoms with van der Waals surface area (Å²) in [5.41, 5.74) is 0. The highest BCUT2D eigenvalue weighted by molar-refractivity contribution is 9.11. The number of aromatic nitrogens is 2. The first-order chi connectivity index (χ1) is 7.63. The number of hydrogen-bond acceptors (Lipinski definition) is 3. The number of thiophene rings is 1. The molecule has 2 aromatic heterocycles. The van der Waals surface area contributed by atoms with E-state index in [1.165, 1.54) is 4.88 Å². The zero-order valence-electron chi connectivity index (χ0n) is 8.73. The van der Waals surface area contributed by atoms with Crippen LogP contribution in [0.1, 0.15) is 4.88 Å². The van der Waals surface area contributed by atoms with Crippen LogP contribution in [-0.2, 0) is 13.2 Å². The molecule has 2 rings (SSSR count). The minimum absolute atomic E-state index is 0.673. The van der Waals surface area contributed by atoms with Crippen molar-refractivity contribution in [1.29, 1.82) is 0 Å². The van der Waals surface area contributed by atoms with Crippen LogP contribution in [-0.4, -0.2) is 21.7 Å². The van der Waals surface area contributed by atoms with Crippen molar-refractivity contribution in [3.63, 3.8) is 0 Å². The summed E-state index contributed by atoms with van der Waals surface area (Å²) in [5, 5.41) is 4.81. The average molecular weight is 321 g/mol. The van der Waals surface area contributed by atoms with Crippen molar-refractivity contribution in [2.24, 2.45) is 0 Å². The third-order valence-corrected chi connectivity index (χ3v) is 3.85. The predicted molar refractivity (Wildman–Crippen MR) is 70.7 cm³/mol. The third kappa shape index (κ3) is 3.31. The summed E-state index contributed by atoms with van der Waals surface area (Å²) in [6.45, 7) is 1.65. The standard InChI is InChI=1S/C10H11BrClN3S/c1-14(6-9-2-3-10(11)16-9)7-15-5-8(12)4-13-15/h2-5H,6-7H2,1H3. The maximum atomic E-state index is 5.80. The van der Waals surface area contributed by atoms with Gasteiger partial charge >= 0.3 is 0 Å². The van der Waals surface area contributed by atoms with Gasteiger partial charge in [-0.2, -0.15) is 5.10 Å². The van der Waals surface area contributed by atoms with Crippen molar-refractivity contribution in [2.45, 2.75) is 13.2 Å². The van der Waals surface area contributed by atoms with Crippen LogP contribution in [0.3, 0.4) is 0 Å². The fourth-order valence-corrected chi connectivity index (χ4v) is 3.14. The molecule has 86 valence electrons. The van der Waals surface area contributed by atoms with Crippen LogP contribution in [0.2, 0.25) is 5.02 Å². The number of hydrogen-bond donors (Lipinski definition) is 0. The van der Waals surface area contributed by atoms with Crippen molar-refractivity contribution in [3.05, 3.63) is 38.2 Å². The Morgan fingerprint density at radius 3 is 2.94 bits per heavy atom. The van der Waals surface area contributed by atoms with E-state index in [-0.39, 0.29) is 0 Å². The molecule has 0 radical (unpaired) electrons. The molecule has 0 amide bonds. The molecule has 2 heterocycles. The van der Waals surface area contributed by atoms with Crippen molar-refractivity contribution >= 4 is 38.9 Å². The first kappa shape index (κ1) is 12.1. The molecule has 0 saturated carbocycles. The Morgan fingerprint density at radius 2 is 2.38 bits per heavy atom. The summed E-state index contributed by atoms with van der Waals surface area (Å²) >= 11 is 11.0. The van der Waals surface area contributed by atoms with E-state index in [0.717, 1.165) is 17.0 Å². The van der Waals surface area contributed by atoms with Crippen LogP contribution in [0.25, 0.3) is 0 Å². The zero-order valence-corrected chi connectivity index (χ0v) is 11.9. The first-order valence-corrected chi connectivity index (χ1v) is 6.73. The van der Waals surface area contributed by atoms with E-state index in [2.05, 4.69) is 45.1 Å². The molecule has 3 nitrogen and oxygen atoms in total. The van der Waals surface area contributed by atoms with Gasteiger partial charge in [-0.15, -0.1) is 11.3 Å². The summed E-state index contributed by atoms with van der Waals surface area (Å²) in [6, 6.07) is 4.19. The van der Waals surface area contributed by atoms with E-state index in [4.69, 9.17) is 11.6 Å². The Bertz CT molecular complexity index is 426. The second-order valence-electron chi connectivity index (χ2n) is 3.56. The van der Waals surface area contributed by atoms with Crippen LogP contribution < -0.4 is 0 Å². The fraction of sp³-hybridized carbons (Fsp3) is 0.300. The monoisotopic (exact) mass is 319 g/mol. The van der Waals surface area contributed by atoms with E-state index in [0.29, 0.717) is 5.02 Å². The normalized spacial score (nSPS) is 11.2. The minimum atomic E-state index is 0.673. The molecule has 0 atom stereocenters. The van der Waals surface area contributed by atoms with Gasteiger partial charge in [0.1, 0.15) is 0 Å². The smallest absolute Gasteiger partial charge is 0.0930 e. The van der Waals surface area contributed by atoms with Gasteiger partial charge in [-0.1, -0.05) is 11.6 Å². The summed E-state index contributed by atoms with van der Waals surface area (Å²) in [7, 11) is 2.06. The van der Waals surface area contributed by atoms with E-state index in [1.807, 2.05) is 10.9 Å². The maximum Gasteiger partial charge on any atom is 0.0930 e. The number of rotatable bonds is 4. The largest absolute Gasteiger partial charge is 0.282 e. The van der Waals surface area contributed by atoms with Gasteiger partial charge in [0.05, 0.1) is 21.7 Å². The van der Waals surface area contributed by atoms with Gasteiger partial charge in [0.25, 0.3) is 0 Å². The molecule has 0 aromatic carbocycles. The van der Waals surface area contributed by atoms with Crippen molar-refractivity contribution < 1.29 is 0 Å².